The van der Waals surface area contributed by atoms with Gasteiger partial charge in [0.05, 0.1) is 19.8 Å². The Morgan fingerprint density at radius 1 is 1.27 bits per heavy atom. The Balaban J connectivity index is 3.49. The molecule has 0 amide bonds. The summed E-state index contributed by atoms with van der Waals surface area (Å²) in [6.45, 7) is 3.96. The number of ether oxygens (including phenoxy) is 2. The fourth-order valence-corrected chi connectivity index (χ4v) is 1.77. The average Bonchev–Trinajstić information content (AvgIpc) is 2.28. The molecule has 82 valence electrons. The van der Waals surface area contributed by atoms with E-state index in [1.807, 2.05) is 13.8 Å². The first-order valence-corrected chi connectivity index (χ1v) is 4.89. The number of hydrogen-bond acceptors (Lipinski definition) is 3. The minimum atomic E-state index is 0.573. The highest BCUT2D eigenvalue weighted by Gasteiger charge is 2.14. The second-order valence-corrected chi connectivity index (χ2v) is 3.27. The first kappa shape index (κ1) is 11.6. The number of benzene rings is 1. The maximum atomic E-state index is 11.0. The van der Waals surface area contributed by atoms with Crippen molar-refractivity contribution in [3.63, 3.8) is 0 Å². The van der Waals surface area contributed by atoms with Crippen LogP contribution in [0.2, 0.25) is 0 Å². The largest absolute Gasteiger partial charge is 0.496 e. The van der Waals surface area contributed by atoms with E-state index in [1.54, 1.807) is 20.3 Å². The molecule has 15 heavy (non-hydrogen) atoms. The van der Waals surface area contributed by atoms with Crippen LogP contribution < -0.4 is 9.47 Å². The van der Waals surface area contributed by atoms with E-state index in [2.05, 4.69) is 0 Å². The van der Waals surface area contributed by atoms with Gasteiger partial charge in [0, 0.05) is 6.07 Å². The van der Waals surface area contributed by atoms with Gasteiger partial charge in [-0.1, -0.05) is 6.92 Å². The Bertz CT molecular complexity index is 370. The summed E-state index contributed by atoms with van der Waals surface area (Å²) in [6.07, 6.45) is 1.62. The van der Waals surface area contributed by atoms with Crippen molar-refractivity contribution in [3.05, 3.63) is 22.8 Å². The summed E-state index contributed by atoms with van der Waals surface area (Å²) >= 11 is 0. The lowest BCUT2D eigenvalue weighted by Gasteiger charge is -2.14. The summed E-state index contributed by atoms with van der Waals surface area (Å²) in [5.74, 6) is 1.33. The van der Waals surface area contributed by atoms with E-state index in [4.69, 9.17) is 9.47 Å². The van der Waals surface area contributed by atoms with Gasteiger partial charge in [0.15, 0.2) is 6.29 Å². The van der Waals surface area contributed by atoms with E-state index >= 15 is 0 Å². The lowest BCUT2D eigenvalue weighted by atomic mass is 9.98. The van der Waals surface area contributed by atoms with Crippen LogP contribution in [0.1, 0.15) is 28.4 Å². The highest BCUT2D eigenvalue weighted by molar-refractivity contribution is 5.83. The molecule has 0 atom stereocenters. The van der Waals surface area contributed by atoms with Crippen LogP contribution in [-0.4, -0.2) is 20.5 Å². The molecule has 0 spiro atoms. The van der Waals surface area contributed by atoms with Gasteiger partial charge in [-0.25, -0.2) is 0 Å². The summed E-state index contributed by atoms with van der Waals surface area (Å²) in [7, 11) is 3.17. The molecular formula is C12H16O3. The SMILES string of the molecule is CCc1c(C)c(OC)cc(OC)c1C=O. The Labute approximate surface area is 90.0 Å². The smallest absolute Gasteiger partial charge is 0.154 e. The number of carbonyl (C=O) groups excluding carboxylic acids is 1. The third-order valence-electron chi connectivity index (χ3n) is 2.59. The molecule has 0 heterocycles. The normalized spacial score (nSPS) is 9.87. The highest BCUT2D eigenvalue weighted by atomic mass is 16.5. The standard InChI is InChI=1S/C12H16O3/c1-5-9-8(2)11(14-3)6-12(15-4)10(9)7-13/h6-7H,5H2,1-4H3. The maximum absolute atomic E-state index is 11.0. The van der Waals surface area contributed by atoms with Gasteiger partial charge in [0.1, 0.15) is 11.5 Å². The molecule has 0 aromatic heterocycles. The van der Waals surface area contributed by atoms with Crippen LogP contribution >= 0.6 is 0 Å². The van der Waals surface area contributed by atoms with Crippen LogP contribution in [0.15, 0.2) is 6.07 Å². The van der Waals surface area contributed by atoms with Crippen LogP contribution in [0.25, 0.3) is 0 Å². The molecule has 0 fully saturated rings. The van der Waals surface area contributed by atoms with Crippen LogP contribution in [0.5, 0.6) is 11.5 Å². The third kappa shape index (κ3) is 1.96. The molecule has 0 aliphatic carbocycles. The number of carbonyl (C=O) groups is 1. The zero-order valence-corrected chi connectivity index (χ0v) is 9.59. The monoisotopic (exact) mass is 208 g/mol. The van der Waals surface area contributed by atoms with Crippen molar-refractivity contribution in [3.8, 4) is 11.5 Å². The van der Waals surface area contributed by atoms with Gasteiger partial charge in [0.2, 0.25) is 0 Å². The number of rotatable bonds is 4. The minimum Gasteiger partial charge on any atom is -0.496 e. The molecule has 0 N–H and O–H groups in total. The van der Waals surface area contributed by atoms with E-state index in [9.17, 15) is 4.79 Å². The predicted molar refractivity (Wildman–Crippen MR) is 59.0 cm³/mol. The summed E-state index contributed by atoms with van der Waals surface area (Å²) in [4.78, 5) is 11.0. The Morgan fingerprint density at radius 2 is 1.87 bits per heavy atom. The van der Waals surface area contributed by atoms with Crippen molar-refractivity contribution in [1.82, 2.24) is 0 Å². The third-order valence-corrected chi connectivity index (χ3v) is 2.59. The molecule has 0 aliphatic heterocycles. The zero-order chi connectivity index (χ0) is 11.4. The van der Waals surface area contributed by atoms with Gasteiger partial charge in [-0.05, 0) is 24.5 Å². The van der Waals surface area contributed by atoms with E-state index in [-0.39, 0.29) is 0 Å². The number of methoxy groups -OCH3 is 2. The molecule has 0 saturated heterocycles. The van der Waals surface area contributed by atoms with Crippen molar-refractivity contribution in [2.24, 2.45) is 0 Å². The summed E-state index contributed by atoms with van der Waals surface area (Å²) < 4.78 is 10.4. The first-order valence-electron chi connectivity index (χ1n) is 4.89. The van der Waals surface area contributed by atoms with Crippen molar-refractivity contribution in [2.45, 2.75) is 20.3 Å². The van der Waals surface area contributed by atoms with Crippen LogP contribution in [0.4, 0.5) is 0 Å². The topological polar surface area (TPSA) is 35.5 Å². The zero-order valence-electron chi connectivity index (χ0n) is 9.59. The lowest BCUT2D eigenvalue weighted by Crippen LogP contribution is -2.01. The van der Waals surface area contributed by atoms with E-state index in [0.717, 1.165) is 29.6 Å². The number of hydrogen-bond donors (Lipinski definition) is 0. The average molecular weight is 208 g/mol. The van der Waals surface area contributed by atoms with Gasteiger partial charge in [0.25, 0.3) is 0 Å². The minimum absolute atomic E-state index is 0.573. The molecule has 1 aromatic rings. The molecule has 1 aromatic carbocycles. The molecule has 0 bridgehead atoms. The Hall–Kier alpha value is -1.51. The summed E-state index contributed by atoms with van der Waals surface area (Å²) in [5, 5.41) is 0. The second-order valence-electron chi connectivity index (χ2n) is 3.27. The molecular weight excluding hydrogens is 192 g/mol. The quantitative estimate of drug-likeness (QED) is 0.713. The predicted octanol–water partition coefficient (Wildman–Crippen LogP) is 2.39. The molecule has 1 rings (SSSR count). The maximum Gasteiger partial charge on any atom is 0.154 e. The van der Waals surface area contributed by atoms with E-state index in [1.165, 1.54) is 0 Å². The van der Waals surface area contributed by atoms with Crippen molar-refractivity contribution in [2.75, 3.05) is 14.2 Å². The van der Waals surface area contributed by atoms with Crippen molar-refractivity contribution >= 4 is 6.29 Å². The first-order chi connectivity index (χ1) is 7.19. The lowest BCUT2D eigenvalue weighted by molar-refractivity contribution is 0.111. The molecule has 0 aliphatic rings. The summed E-state index contributed by atoms with van der Waals surface area (Å²) in [5.41, 5.74) is 2.61. The molecule has 3 nitrogen and oxygen atoms in total. The Kier molecular flexibility index (Phi) is 3.72. The van der Waals surface area contributed by atoms with Gasteiger partial charge in [-0.15, -0.1) is 0 Å². The molecule has 0 unspecified atom stereocenters. The van der Waals surface area contributed by atoms with Gasteiger partial charge in [-0.2, -0.15) is 0 Å². The van der Waals surface area contributed by atoms with Gasteiger partial charge < -0.3 is 9.47 Å². The Morgan fingerprint density at radius 3 is 2.27 bits per heavy atom. The van der Waals surface area contributed by atoms with Crippen LogP contribution in [0, 0.1) is 6.92 Å². The number of aldehydes is 1. The van der Waals surface area contributed by atoms with Crippen LogP contribution in [0.3, 0.4) is 0 Å². The van der Waals surface area contributed by atoms with E-state index in [0.29, 0.717) is 11.3 Å². The fourth-order valence-electron chi connectivity index (χ4n) is 1.77. The molecule has 0 radical (unpaired) electrons. The van der Waals surface area contributed by atoms with Gasteiger partial charge in [-0.3, -0.25) is 4.79 Å². The molecule has 0 saturated carbocycles. The highest BCUT2D eigenvalue weighted by Crippen LogP contribution is 2.32. The van der Waals surface area contributed by atoms with Gasteiger partial charge >= 0.3 is 0 Å². The van der Waals surface area contributed by atoms with E-state index < -0.39 is 0 Å². The second kappa shape index (κ2) is 4.82. The fraction of sp³-hybridized carbons (Fsp3) is 0.417. The van der Waals surface area contributed by atoms with Crippen molar-refractivity contribution < 1.29 is 14.3 Å². The summed E-state index contributed by atoms with van der Waals surface area (Å²) in [6, 6.07) is 1.75. The molecule has 3 heteroatoms. The van der Waals surface area contributed by atoms with Crippen LogP contribution in [-0.2, 0) is 6.42 Å². The van der Waals surface area contributed by atoms with Crippen molar-refractivity contribution in [1.29, 1.82) is 0 Å².